The molecule has 24 heavy (non-hydrogen) atoms. The SMILES string of the molecule is C[C@@H]1CCN(C[C@@H](O)Cn2cc([N+](=O)[O-])cn2)c2ccccc2S1. The topological polar surface area (TPSA) is 84.4 Å². The van der Waals surface area contributed by atoms with Crippen molar-refractivity contribution < 1.29 is 10.0 Å². The molecule has 2 atom stereocenters. The highest BCUT2D eigenvalue weighted by Gasteiger charge is 2.22. The number of rotatable bonds is 5. The number of aromatic nitrogens is 2. The first-order chi connectivity index (χ1) is 11.5. The number of benzene rings is 1. The minimum atomic E-state index is -0.657. The minimum Gasteiger partial charge on any atom is -0.389 e. The third-order valence-electron chi connectivity index (χ3n) is 4.00. The van der Waals surface area contributed by atoms with Gasteiger partial charge in [-0.15, -0.1) is 11.8 Å². The Bertz CT molecular complexity index is 721. The molecule has 2 heterocycles. The molecule has 0 saturated carbocycles. The number of hydrogen-bond donors (Lipinski definition) is 1. The Labute approximate surface area is 144 Å². The first kappa shape index (κ1) is 16.8. The summed E-state index contributed by atoms with van der Waals surface area (Å²) in [7, 11) is 0. The number of para-hydroxylation sites is 1. The van der Waals surface area contributed by atoms with Gasteiger partial charge in [-0.2, -0.15) is 5.10 Å². The molecule has 1 aliphatic rings. The van der Waals surface area contributed by atoms with Crippen molar-refractivity contribution in [2.75, 3.05) is 18.0 Å². The molecule has 1 aromatic heterocycles. The molecule has 0 radical (unpaired) electrons. The first-order valence-corrected chi connectivity index (χ1v) is 8.76. The van der Waals surface area contributed by atoms with E-state index in [4.69, 9.17) is 0 Å². The first-order valence-electron chi connectivity index (χ1n) is 7.88. The molecular weight excluding hydrogens is 328 g/mol. The molecule has 3 rings (SSSR count). The lowest BCUT2D eigenvalue weighted by atomic mass is 10.2. The van der Waals surface area contributed by atoms with E-state index in [0.717, 1.165) is 18.7 Å². The van der Waals surface area contributed by atoms with Gasteiger partial charge in [-0.05, 0) is 18.6 Å². The van der Waals surface area contributed by atoms with Crippen molar-refractivity contribution in [3.8, 4) is 0 Å². The molecule has 0 spiro atoms. The molecule has 1 N–H and O–H groups in total. The Kier molecular flexibility index (Phi) is 5.06. The van der Waals surface area contributed by atoms with Crippen molar-refractivity contribution in [1.82, 2.24) is 9.78 Å². The number of anilines is 1. The molecule has 0 fully saturated rings. The maximum Gasteiger partial charge on any atom is 0.306 e. The van der Waals surface area contributed by atoms with Crippen LogP contribution >= 0.6 is 11.8 Å². The molecule has 0 unspecified atom stereocenters. The van der Waals surface area contributed by atoms with E-state index in [9.17, 15) is 15.2 Å². The van der Waals surface area contributed by atoms with Crippen molar-refractivity contribution in [3.05, 3.63) is 46.8 Å². The molecular formula is C16H20N4O3S. The molecule has 128 valence electrons. The Morgan fingerprint density at radius 2 is 2.25 bits per heavy atom. The normalized spacial score (nSPS) is 18.8. The second kappa shape index (κ2) is 7.23. The van der Waals surface area contributed by atoms with Crippen LogP contribution in [0.2, 0.25) is 0 Å². The van der Waals surface area contributed by atoms with Gasteiger partial charge in [-0.25, -0.2) is 0 Å². The predicted molar refractivity (Wildman–Crippen MR) is 93.5 cm³/mol. The lowest BCUT2D eigenvalue weighted by Gasteiger charge is -2.27. The number of β-amino-alcohol motifs (C(OH)–C–C–N with tert-alkyl or cyclic N) is 1. The van der Waals surface area contributed by atoms with E-state index in [-0.39, 0.29) is 12.2 Å². The van der Waals surface area contributed by atoms with E-state index in [2.05, 4.69) is 29.1 Å². The van der Waals surface area contributed by atoms with Gasteiger partial charge in [0.15, 0.2) is 0 Å². The largest absolute Gasteiger partial charge is 0.389 e. The summed E-state index contributed by atoms with van der Waals surface area (Å²) in [6, 6.07) is 8.22. The Hall–Kier alpha value is -2.06. The van der Waals surface area contributed by atoms with Crippen LogP contribution in [0.4, 0.5) is 11.4 Å². The average Bonchev–Trinajstić information content (AvgIpc) is 2.94. The Morgan fingerprint density at radius 1 is 1.46 bits per heavy atom. The van der Waals surface area contributed by atoms with Crippen LogP contribution in [0, 0.1) is 10.1 Å². The van der Waals surface area contributed by atoms with Gasteiger partial charge < -0.3 is 10.0 Å². The number of aliphatic hydroxyl groups excluding tert-OH is 1. The zero-order chi connectivity index (χ0) is 17.1. The Balaban J connectivity index is 1.69. The van der Waals surface area contributed by atoms with Gasteiger partial charge in [-0.3, -0.25) is 14.8 Å². The molecule has 0 aliphatic carbocycles. The van der Waals surface area contributed by atoms with Crippen molar-refractivity contribution >= 4 is 23.1 Å². The fourth-order valence-corrected chi connectivity index (χ4v) is 3.95. The Morgan fingerprint density at radius 3 is 3.00 bits per heavy atom. The van der Waals surface area contributed by atoms with Gasteiger partial charge >= 0.3 is 5.69 Å². The summed E-state index contributed by atoms with van der Waals surface area (Å²) in [5, 5.41) is 25.6. The van der Waals surface area contributed by atoms with Crippen molar-refractivity contribution in [1.29, 1.82) is 0 Å². The molecule has 7 nitrogen and oxygen atoms in total. The van der Waals surface area contributed by atoms with Gasteiger partial charge in [0.25, 0.3) is 0 Å². The number of fused-ring (bicyclic) bond motifs is 1. The smallest absolute Gasteiger partial charge is 0.306 e. The van der Waals surface area contributed by atoms with Gasteiger partial charge in [-0.1, -0.05) is 19.1 Å². The van der Waals surface area contributed by atoms with Crippen LogP contribution in [0.5, 0.6) is 0 Å². The van der Waals surface area contributed by atoms with Crippen LogP contribution < -0.4 is 4.90 Å². The third-order valence-corrected chi connectivity index (χ3v) is 5.24. The standard InChI is InChI=1S/C16H20N4O3S/c1-12-6-7-18(15-4-2-3-5-16(15)24-12)10-14(21)11-19-9-13(8-17-19)20(22)23/h2-5,8-9,12,14,21H,6-7,10-11H2,1H3/t12-,14-/m1/s1. The summed E-state index contributed by atoms with van der Waals surface area (Å²) in [5.74, 6) is 0. The summed E-state index contributed by atoms with van der Waals surface area (Å²) in [6.45, 7) is 3.79. The number of hydrogen-bond acceptors (Lipinski definition) is 6. The zero-order valence-electron chi connectivity index (χ0n) is 13.4. The van der Waals surface area contributed by atoms with Crippen LogP contribution in [-0.4, -0.2) is 44.3 Å². The predicted octanol–water partition coefficient (Wildman–Crippen LogP) is 2.54. The van der Waals surface area contributed by atoms with Gasteiger partial charge in [0.2, 0.25) is 0 Å². The van der Waals surface area contributed by atoms with Crippen molar-refractivity contribution in [2.45, 2.75) is 36.1 Å². The lowest BCUT2D eigenvalue weighted by Crippen LogP contribution is -2.35. The zero-order valence-corrected chi connectivity index (χ0v) is 14.2. The highest BCUT2D eigenvalue weighted by molar-refractivity contribution is 8.00. The van der Waals surface area contributed by atoms with E-state index in [1.807, 2.05) is 23.9 Å². The lowest BCUT2D eigenvalue weighted by molar-refractivity contribution is -0.385. The maximum absolute atomic E-state index is 10.7. The number of aliphatic hydroxyl groups is 1. The van der Waals surface area contributed by atoms with E-state index < -0.39 is 11.0 Å². The summed E-state index contributed by atoms with van der Waals surface area (Å²) in [5.41, 5.74) is 1.07. The van der Waals surface area contributed by atoms with Crippen molar-refractivity contribution in [3.63, 3.8) is 0 Å². The van der Waals surface area contributed by atoms with Crippen molar-refractivity contribution in [2.24, 2.45) is 0 Å². The minimum absolute atomic E-state index is 0.0625. The highest BCUT2D eigenvalue weighted by atomic mass is 32.2. The van der Waals surface area contributed by atoms with Crippen LogP contribution in [0.3, 0.4) is 0 Å². The summed E-state index contributed by atoms with van der Waals surface area (Å²) >= 11 is 1.86. The van der Waals surface area contributed by atoms with E-state index >= 15 is 0 Å². The summed E-state index contributed by atoms with van der Waals surface area (Å²) in [4.78, 5) is 13.6. The van der Waals surface area contributed by atoms with Crippen LogP contribution in [-0.2, 0) is 6.54 Å². The maximum atomic E-state index is 10.7. The number of nitrogens with zero attached hydrogens (tertiary/aromatic N) is 4. The van der Waals surface area contributed by atoms with E-state index in [0.29, 0.717) is 11.8 Å². The monoisotopic (exact) mass is 348 g/mol. The average molecular weight is 348 g/mol. The molecule has 1 aliphatic heterocycles. The summed E-state index contributed by atoms with van der Waals surface area (Å²) in [6.07, 6.45) is 2.93. The second-order valence-corrected chi connectivity index (χ2v) is 7.44. The number of nitro groups is 1. The van der Waals surface area contributed by atoms with Gasteiger partial charge in [0.05, 0.1) is 23.3 Å². The van der Waals surface area contributed by atoms with Crippen LogP contribution in [0.1, 0.15) is 13.3 Å². The summed E-state index contributed by atoms with van der Waals surface area (Å²) < 4.78 is 1.42. The molecule has 1 aromatic carbocycles. The molecule has 0 bridgehead atoms. The number of thioether (sulfide) groups is 1. The van der Waals surface area contributed by atoms with E-state index in [1.165, 1.54) is 22.0 Å². The fraction of sp³-hybridized carbons (Fsp3) is 0.438. The third kappa shape index (κ3) is 3.88. The van der Waals surface area contributed by atoms with E-state index in [1.54, 1.807) is 0 Å². The van der Waals surface area contributed by atoms with Gasteiger partial charge in [0, 0.05) is 23.2 Å². The highest BCUT2D eigenvalue weighted by Crippen LogP contribution is 2.37. The molecule has 2 aromatic rings. The fourth-order valence-electron chi connectivity index (χ4n) is 2.82. The molecule has 0 saturated heterocycles. The quantitative estimate of drug-likeness (QED) is 0.660. The molecule has 8 heteroatoms. The van der Waals surface area contributed by atoms with Crippen LogP contribution in [0.25, 0.3) is 0 Å². The van der Waals surface area contributed by atoms with Gasteiger partial charge in [0.1, 0.15) is 12.4 Å². The second-order valence-electron chi connectivity index (χ2n) is 5.96. The van der Waals surface area contributed by atoms with Crippen LogP contribution in [0.15, 0.2) is 41.6 Å². The molecule has 0 amide bonds.